The molecule has 0 saturated heterocycles. The van der Waals surface area contributed by atoms with Gasteiger partial charge in [-0.1, -0.05) is 15.9 Å². The summed E-state index contributed by atoms with van der Waals surface area (Å²) in [6, 6.07) is 5.37. The Balaban J connectivity index is 2.37. The molecule has 0 bridgehead atoms. The number of anilines is 1. The number of aryl methyl sites for hydroxylation is 2. The second-order valence-corrected chi connectivity index (χ2v) is 6.55. The normalized spacial score (nSPS) is 11.5. The molecule has 2 N–H and O–H groups in total. The largest absolute Gasteiger partial charge is 0.281 e. The summed E-state index contributed by atoms with van der Waals surface area (Å²) >= 11 is 3.33. The lowest BCUT2D eigenvalue weighted by Crippen LogP contribution is -2.13. The molecule has 96 valence electrons. The number of aromatic amines is 1. The summed E-state index contributed by atoms with van der Waals surface area (Å²) in [5.41, 5.74) is 1.99. The molecule has 0 spiro atoms. The topological polar surface area (TPSA) is 74.8 Å². The maximum absolute atomic E-state index is 12.1. The standard InChI is InChI=1S/C11H12BrN3O2S/c1-7-3-9(12)5-10(4-7)15-18(16,17)11-6-13-14-8(11)2/h3-6,15H,1-2H3,(H,13,14). The number of aromatic nitrogens is 2. The molecule has 0 aliphatic rings. The molecule has 5 nitrogen and oxygen atoms in total. The number of nitrogens with zero attached hydrogens (tertiary/aromatic N) is 1. The second kappa shape index (κ2) is 4.74. The molecule has 1 aromatic carbocycles. The van der Waals surface area contributed by atoms with Gasteiger partial charge in [0.2, 0.25) is 0 Å². The third-order valence-corrected chi connectivity index (χ3v) is 4.32. The van der Waals surface area contributed by atoms with Gasteiger partial charge in [0.05, 0.1) is 17.6 Å². The number of hydrogen-bond donors (Lipinski definition) is 2. The summed E-state index contributed by atoms with van der Waals surface area (Å²) in [5, 5.41) is 6.32. The molecule has 2 rings (SSSR count). The predicted octanol–water partition coefficient (Wildman–Crippen LogP) is 2.59. The lowest BCUT2D eigenvalue weighted by Gasteiger charge is -2.08. The first kappa shape index (κ1) is 13.1. The summed E-state index contributed by atoms with van der Waals surface area (Å²) in [5.74, 6) is 0. The number of hydrogen-bond acceptors (Lipinski definition) is 3. The minimum Gasteiger partial charge on any atom is -0.281 e. The summed E-state index contributed by atoms with van der Waals surface area (Å²) < 4.78 is 27.6. The van der Waals surface area contributed by atoms with Crippen LogP contribution in [0.5, 0.6) is 0 Å². The minimum atomic E-state index is -3.60. The lowest BCUT2D eigenvalue weighted by atomic mass is 10.2. The van der Waals surface area contributed by atoms with E-state index in [1.54, 1.807) is 19.1 Å². The monoisotopic (exact) mass is 329 g/mol. The van der Waals surface area contributed by atoms with Gasteiger partial charge in [-0.25, -0.2) is 8.42 Å². The summed E-state index contributed by atoms with van der Waals surface area (Å²) in [7, 11) is -3.60. The predicted molar refractivity (Wildman–Crippen MR) is 73.0 cm³/mol. The van der Waals surface area contributed by atoms with E-state index in [1.807, 2.05) is 13.0 Å². The van der Waals surface area contributed by atoms with E-state index in [0.717, 1.165) is 10.0 Å². The average molecular weight is 330 g/mol. The van der Waals surface area contributed by atoms with Crippen molar-refractivity contribution < 1.29 is 8.42 Å². The molecule has 0 fully saturated rings. The van der Waals surface area contributed by atoms with Crippen molar-refractivity contribution in [2.45, 2.75) is 18.7 Å². The van der Waals surface area contributed by atoms with Gasteiger partial charge in [0.15, 0.2) is 0 Å². The first-order chi connectivity index (χ1) is 8.38. The molecule has 1 heterocycles. The fraction of sp³-hybridized carbons (Fsp3) is 0.182. The number of nitrogens with one attached hydrogen (secondary N) is 2. The van der Waals surface area contributed by atoms with Crippen molar-refractivity contribution in [2.24, 2.45) is 0 Å². The van der Waals surface area contributed by atoms with Crippen molar-refractivity contribution in [2.75, 3.05) is 4.72 Å². The SMILES string of the molecule is Cc1cc(Br)cc(NS(=O)(=O)c2cn[nH]c2C)c1. The van der Waals surface area contributed by atoms with E-state index >= 15 is 0 Å². The summed E-state index contributed by atoms with van der Waals surface area (Å²) in [6.45, 7) is 3.55. The zero-order valence-electron chi connectivity index (χ0n) is 9.86. The highest BCUT2D eigenvalue weighted by atomic mass is 79.9. The van der Waals surface area contributed by atoms with Gasteiger partial charge < -0.3 is 0 Å². The molecular formula is C11H12BrN3O2S. The van der Waals surface area contributed by atoms with E-state index in [0.29, 0.717) is 11.4 Å². The summed E-state index contributed by atoms with van der Waals surface area (Å²) in [4.78, 5) is 0.153. The number of benzene rings is 1. The van der Waals surface area contributed by atoms with E-state index in [-0.39, 0.29) is 4.90 Å². The number of halogens is 1. The number of sulfonamides is 1. The van der Waals surface area contributed by atoms with Crippen LogP contribution in [0.4, 0.5) is 5.69 Å². The van der Waals surface area contributed by atoms with Crippen LogP contribution < -0.4 is 4.72 Å². The zero-order chi connectivity index (χ0) is 13.3. The van der Waals surface area contributed by atoms with Crippen LogP contribution >= 0.6 is 15.9 Å². The van der Waals surface area contributed by atoms with Crippen LogP contribution in [0.25, 0.3) is 0 Å². The molecule has 7 heteroatoms. The Morgan fingerprint density at radius 2 is 2.00 bits per heavy atom. The molecule has 18 heavy (non-hydrogen) atoms. The van der Waals surface area contributed by atoms with E-state index < -0.39 is 10.0 Å². The van der Waals surface area contributed by atoms with Crippen LogP contribution in [0.1, 0.15) is 11.3 Å². The van der Waals surface area contributed by atoms with E-state index in [1.165, 1.54) is 6.20 Å². The molecule has 0 unspecified atom stereocenters. The van der Waals surface area contributed by atoms with Crippen molar-refractivity contribution in [3.05, 3.63) is 40.1 Å². The Morgan fingerprint density at radius 1 is 1.28 bits per heavy atom. The quantitative estimate of drug-likeness (QED) is 0.908. The first-order valence-corrected chi connectivity index (χ1v) is 7.46. The molecule has 0 radical (unpaired) electrons. The Kier molecular flexibility index (Phi) is 3.45. The van der Waals surface area contributed by atoms with Gasteiger partial charge in [-0.15, -0.1) is 0 Å². The van der Waals surface area contributed by atoms with Gasteiger partial charge in [-0.2, -0.15) is 5.10 Å². The van der Waals surface area contributed by atoms with Gasteiger partial charge >= 0.3 is 0 Å². The highest BCUT2D eigenvalue weighted by molar-refractivity contribution is 9.10. The second-order valence-electron chi connectivity index (χ2n) is 3.98. The maximum atomic E-state index is 12.1. The van der Waals surface area contributed by atoms with Crippen molar-refractivity contribution in [1.29, 1.82) is 0 Å². The maximum Gasteiger partial charge on any atom is 0.265 e. The first-order valence-electron chi connectivity index (χ1n) is 5.18. The van der Waals surface area contributed by atoms with Gasteiger partial charge in [0, 0.05) is 4.47 Å². The van der Waals surface area contributed by atoms with Crippen LogP contribution in [-0.4, -0.2) is 18.6 Å². The zero-order valence-corrected chi connectivity index (χ0v) is 12.3. The molecule has 0 aliphatic carbocycles. The molecule has 0 saturated carbocycles. The smallest absolute Gasteiger partial charge is 0.265 e. The van der Waals surface area contributed by atoms with Gasteiger partial charge in [0.1, 0.15) is 4.90 Å². The van der Waals surface area contributed by atoms with Crippen molar-refractivity contribution in [3.8, 4) is 0 Å². The third kappa shape index (κ3) is 2.73. The Labute approximate surface area is 114 Å². The van der Waals surface area contributed by atoms with Crippen LogP contribution in [0.15, 0.2) is 33.8 Å². The molecule has 2 aromatic rings. The van der Waals surface area contributed by atoms with Gasteiger partial charge in [0.25, 0.3) is 10.0 Å². The lowest BCUT2D eigenvalue weighted by molar-refractivity contribution is 0.600. The highest BCUT2D eigenvalue weighted by Gasteiger charge is 2.18. The summed E-state index contributed by atoms with van der Waals surface area (Å²) in [6.07, 6.45) is 1.29. The minimum absolute atomic E-state index is 0.153. The average Bonchev–Trinajstić information content (AvgIpc) is 2.62. The van der Waals surface area contributed by atoms with E-state index in [9.17, 15) is 8.42 Å². The third-order valence-electron chi connectivity index (χ3n) is 2.37. The Hall–Kier alpha value is -1.34. The molecule has 0 atom stereocenters. The van der Waals surface area contributed by atoms with Crippen LogP contribution in [0, 0.1) is 13.8 Å². The van der Waals surface area contributed by atoms with Gasteiger partial charge in [-0.05, 0) is 37.6 Å². The molecule has 0 aliphatic heterocycles. The molecular weight excluding hydrogens is 318 g/mol. The van der Waals surface area contributed by atoms with Crippen LogP contribution in [0.2, 0.25) is 0 Å². The van der Waals surface area contributed by atoms with E-state index in [4.69, 9.17) is 0 Å². The Bertz CT molecular complexity index is 659. The van der Waals surface area contributed by atoms with Crippen molar-refractivity contribution in [1.82, 2.24) is 10.2 Å². The van der Waals surface area contributed by atoms with Crippen molar-refractivity contribution in [3.63, 3.8) is 0 Å². The van der Waals surface area contributed by atoms with Crippen LogP contribution in [0.3, 0.4) is 0 Å². The molecule has 0 amide bonds. The fourth-order valence-electron chi connectivity index (χ4n) is 1.62. The highest BCUT2D eigenvalue weighted by Crippen LogP contribution is 2.22. The molecule has 1 aromatic heterocycles. The van der Waals surface area contributed by atoms with E-state index in [2.05, 4.69) is 30.8 Å². The van der Waals surface area contributed by atoms with Gasteiger partial charge in [-0.3, -0.25) is 9.82 Å². The Morgan fingerprint density at radius 3 is 2.56 bits per heavy atom. The fourth-order valence-corrected chi connectivity index (χ4v) is 3.40. The number of H-pyrrole nitrogens is 1. The van der Waals surface area contributed by atoms with Crippen molar-refractivity contribution >= 4 is 31.6 Å². The number of rotatable bonds is 3. The van der Waals surface area contributed by atoms with Crippen LogP contribution in [-0.2, 0) is 10.0 Å².